The Morgan fingerprint density at radius 2 is 1.71 bits per heavy atom. The lowest BCUT2D eigenvalue weighted by Gasteiger charge is -2.20. The number of esters is 1. The molecule has 1 aromatic carbocycles. The van der Waals surface area contributed by atoms with Crippen molar-refractivity contribution in [2.45, 2.75) is 26.4 Å². The zero-order chi connectivity index (χ0) is 16.0. The summed E-state index contributed by atoms with van der Waals surface area (Å²) in [6.45, 7) is 5.28. The summed E-state index contributed by atoms with van der Waals surface area (Å²) in [6.07, 6.45) is -0.633. The van der Waals surface area contributed by atoms with Gasteiger partial charge in [-0.15, -0.1) is 0 Å². The van der Waals surface area contributed by atoms with Gasteiger partial charge in [0.1, 0.15) is 5.60 Å². The van der Waals surface area contributed by atoms with E-state index in [1.54, 1.807) is 45.0 Å². The SMILES string of the molecule is COC(=O)c1ccc(NC(=S)NC(=O)OC(C)(C)C)cc1. The molecule has 0 heterocycles. The number of rotatable bonds is 2. The summed E-state index contributed by atoms with van der Waals surface area (Å²) < 4.78 is 9.67. The van der Waals surface area contributed by atoms with E-state index in [9.17, 15) is 9.59 Å². The van der Waals surface area contributed by atoms with Crippen molar-refractivity contribution in [3.63, 3.8) is 0 Å². The van der Waals surface area contributed by atoms with Crippen molar-refractivity contribution in [1.29, 1.82) is 0 Å². The zero-order valence-electron chi connectivity index (χ0n) is 12.4. The van der Waals surface area contributed by atoms with Crippen LogP contribution in [0.3, 0.4) is 0 Å². The van der Waals surface area contributed by atoms with E-state index in [0.29, 0.717) is 11.3 Å². The normalized spacial score (nSPS) is 10.5. The van der Waals surface area contributed by atoms with E-state index in [4.69, 9.17) is 17.0 Å². The number of hydrogen-bond donors (Lipinski definition) is 2. The van der Waals surface area contributed by atoms with Crippen LogP contribution in [0.15, 0.2) is 24.3 Å². The Bertz CT molecular complexity index is 535. The van der Waals surface area contributed by atoms with E-state index < -0.39 is 17.7 Å². The third-order valence-electron chi connectivity index (χ3n) is 2.18. The number of benzene rings is 1. The molecule has 0 unspecified atom stereocenters. The number of hydrogen-bond acceptors (Lipinski definition) is 5. The van der Waals surface area contributed by atoms with Gasteiger partial charge in [-0.2, -0.15) is 0 Å². The zero-order valence-corrected chi connectivity index (χ0v) is 13.2. The van der Waals surface area contributed by atoms with Gasteiger partial charge in [0, 0.05) is 5.69 Å². The lowest BCUT2D eigenvalue weighted by molar-refractivity contribution is 0.0561. The second kappa shape index (κ2) is 7.03. The van der Waals surface area contributed by atoms with Crippen molar-refractivity contribution in [3.05, 3.63) is 29.8 Å². The van der Waals surface area contributed by atoms with Crippen LogP contribution in [-0.4, -0.2) is 29.9 Å². The van der Waals surface area contributed by atoms with Crippen molar-refractivity contribution in [2.75, 3.05) is 12.4 Å². The molecule has 1 amide bonds. The molecule has 0 aliphatic rings. The molecule has 1 rings (SSSR count). The van der Waals surface area contributed by atoms with E-state index in [1.165, 1.54) is 7.11 Å². The maximum Gasteiger partial charge on any atom is 0.413 e. The number of nitrogens with one attached hydrogen (secondary N) is 2. The van der Waals surface area contributed by atoms with Gasteiger partial charge in [-0.05, 0) is 57.3 Å². The summed E-state index contributed by atoms with van der Waals surface area (Å²) in [5, 5.41) is 5.32. The molecule has 0 radical (unpaired) electrons. The standard InChI is InChI=1S/C14H18N2O4S/c1-14(2,3)20-13(18)16-12(21)15-10-7-5-9(6-8-10)11(17)19-4/h5-8H,1-4H3,(H2,15,16,18,21). The molecule has 0 aromatic heterocycles. The smallest absolute Gasteiger partial charge is 0.413 e. The highest BCUT2D eigenvalue weighted by Crippen LogP contribution is 2.11. The van der Waals surface area contributed by atoms with E-state index in [1.807, 2.05) is 0 Å². The van der Waals surface area contributed by atoms with E-state index >= 15 is 0 Å². The van der Waals surface area contributed by atoms with Crippen LogP contribution in [0.1, 0.15) is 31.1 Å². The van der Waals surface area contributed by atoms with Crippen molar-refractivity contribution in [1.82, 2.24) is 5.32 Å². The minimum atomic E-state index is -0.633. The predicted octanol–water partition coefficient (Wildman–Crippen LogP) is 2.69. The van der Waals surface area contributed by atoms with Gasteiger partial charge in [-0.25, -0.2) is 9.59 Å². The first-order valence-corrected chi connectivity index (χ1v) is 6.61. The molecule has 0 atom stereocenters. The van der Waals surface area contributed by atoms with Gasteiger partial charge >= 0.3 is 12.1 Å². The average molecular weight is 310 g/mol. The summed E-state index contributed by atoms with van der Waals surface area (Å²) in [5.41, 5.74) is 0.458. The topological polar surface area (TPSA) is 76.7 Å². The molecule has 0 bridgehead atoms. The maximum atomic E-state index is 11.5. The van der Waals surface area contributed by atoms with Crippen molar-refractivity contribution in [3.8, 4) is 0 Å². The molecule has 1 aromatic rings. The van der Waals surface area contributed by atoms with E-state index in [2.05, 4.69) is 15.4 Å². The fourth-order valence-corrected chi connectivity index (χ4v) is 1.57. The van der Waals surface area contributed by atoms with Crippen LogP contribution in [0.25, 0.3) is 0 Å². The second-order valence-corrected chi connectivity index (χ2v) is 5.56. The number of thiocarbonyl (C=S) groups is 1. The molecule has 0 aliphatic heterocycles. The number of alkyl carbamates (subject to hydrolysis) is 1. The Morgan fingerprint density at radius 3 is 2.19 bits per heavy atom. The van der Waals surface area contributed by atoms with Crippen LogP contribution in [0, 0.1) is 0 Å². The third kappa shape index (κ3) is 6.22. The number of anilines is 1. The fourth-order valence-electron chi connectivity index (χ4n) is 1.37. The highest BCUT2D eigenvalue weighted by Gasteiger charge is 2.17. The number of carbonyl (C=O) groups excluding carboxylic acids is 2. The van der Waals surface area contributed by atoms with Crippen LogP contribution < -0.4 is 10.6 Å². The lowest BCUT2D eigenvalue weighted by atomic mass is 10.2. The van der Waals surface area contributed by atoms with Gasteiger partial charge in [0.2, 0.25) is 0 Å². The molecule has 7 heteroatoms. The van der Waals surface area contributed by atoms with Crippen LogP contribution in [0.5, 0.6) is 0 Å². The number of amides is 1. The first-order valence-electron chi connectivity index (χ1n) is 6.20. The summed E-state index contributed by atoms with van der Waals surface area (Å²) >= 11 is 4.99. The molecule has 2 N–H and O–H groups in total. The minimum Gasteiger partial charge on any atom is -0.465 e. The van der Waals surface area contributed by atoms with Crippen molar-refractivity contribution < 1.29 is 19.1 Å². The molecule has 0 spiro atoms. The average Bonchev–Trinajstić information content (AvgIpc) is 2.36. The first-order chi connectivity index (χ1) is 9.71. The Hall–Kier alpha value is -2.15. The molecular formula is C14H18N2O4S. The predicted molar refractivity (Wildman–Crippen MR) is 83.4 cm³/mol. The lowest BCUT2D eigenvalue weighted by Crippen LogP contribution is -2.38. The van der Waals surface area contributed by atoms with Gasteiger partial charge in [-0.3, -0.25) is 5.32 Å². The third-order valence-corrected chi connectivity index (χ3v) is 2.38. The van der Waals surface area contributed by atoms with Gasteiger partial charge in [0.15, 0.2) is 5.11 Å². The van der Waals surface area contributed by atoms with Crippen LogP contribution >= 0.6 is 12.2 Å². The Balaban J connectivity index is 2.55. The monoisotopic (exact) mass is 310 g/mol. The summed E-state index contributed by atoms with van der Waals surface area (Å²) in [6, 6.07) is 6.47. The van der Waals surface area contributed by atoms with Crippen LogP contribution in [0.2, 0.25) is 0 Å². The van der Waals surface area contributed by atoms with Crippen molar-refractivity contribution >= 4 is 35.1 Å². The van der Waals surface area contributed by atoms with Gasteiger partial charge < -0.3 is 14.8 Å². The summed E-state index contributed by atoms with van der Waals surface area (Å²) in [4.78, 5) is 22.8. The molecule has 114 valence electrons. The first kappa shape index (κ1) is 16.9. The molecule has 0 aliphatic carbocycles. The molecule has 0 saturated carbocycles. The summed E-state index contributed by atoms with van der Waals surface area (Å²) in [5.74, 6) is -0.420. The number of ether oxygens (including phenoxy) is 2. The Kier molecular flexibility index (Phi) is 5.66. The highest BCUT2D eigenvalue weighted by molar-refractivity contribution is 7.80. The largest absolute Gasteiger partial charge is 0.465 e. The van der Waals surface area contributed by atoms with Crippen molar-refractivity contribution in [2.24, 2.45) is 0 Å². The molecule has 0 fully saturated rings. The molecule has 0 saturated heterocycles. The molecular weight excluding hydrogens is 292 g/mol. The highest BCUT2D eigenvalue weighted by atomic mass is 32.1. The number of carbonyl (C=O) groups is 2. The molecule has 21 heavy (non-hydrogen) atoms. The van der Waals surface area contributed by atoms with Crippen LogP contribution in [-0.2, 0) is 9.47 Å². The summed E-state index contributed by atoms with van der Waals surface area (Å²) in [7, 11) is 1.31. The van der Waals surface area contributed by atoms with Gasteiger partial charge in [0.05, 0.1) is 12.7 Å². The van der Waals surface area contributed by atoms with Crippen LogP contribution in [0.4, 0.5) is 10.5 Å². The number of methoxy groups -OCH3 is 1. The Morgan fingerprint density at radius 1 is 1.14 bits per heavy atom. The van der Waals surface area contributed by atoms with Gasteiger partial charge in [0.25, 0.3) is 0 Å². The molecule has 6 nitrogen and oxygen atoms in total. The van der Waals surface area contributed by atoms with E-state index in [-0.39, 0.29) is 5.11 Å². The minimum absolute atomic E-state index is 0.107. The second-order valence-electron chi connectivity index (χ2n) is 5.15. The Labute approximate surface area is 128 Å². The van der Waals surface area contributed by atoms with Gasteiger partial charge in [-0.1, -0.05) is 0 Å². The fraction of sp³-hybridized carbons (Fsp3) is 0.357. The quantitative estimate of drug-likeness (QED) is 0.646. The van der Waals surface area contributed by atoms with E-state index in [0.717, 1.165) is 0 Å². The maximum absolute atomic E-state index is 11.5.